The highest BCUT2D eigenvalue weighted by atomic mass is 16.4. The predicted octanol–water partition coefficient (Wildman–Crippen LogP) is -6.65. The average molecular weight is 1320 g/mol. The third-order valence-electron chi connectivity index (χ3n) is 14.6. The van der Waals surface area contributed by atoms with Gasteiger partial charge in [0.1, 0.15) is 48.3 Å². The second-order valence-electron chi connectivity index (χ2n) is 22.3. The number of benzene rings is 2. The molecular formula is C59H87N19O16. The summed E-state index contributed by atoms with van der Waals surface area (Å²) in [5, 5.41) is 49.5. The lowest BCUT2D eigenvalue weighted by molar-refractivity contribution is -0.141. The van der Waals surface area contributed by atoms with E-state index in [1.54, 1.807) is 60.7 Å². The first-order valence-corrected chi connectivity index (χ1v) is 30.7. The van der Waals surface area contributed by atoms with Crippen LogP contribution in [0.3, 0.4) is 0 Å². The molecule has 2 aromatic rings. The van der Waals surface area contributed by atoms with Crippen molar-refractivity contribution in [3.8, 4) is 0 Å². The third-order valence-corrected chi connectivity index (χ3v) is 14.6. The predicted molar refractivity (Wildman–Crippen MR) is 337 cm³/mol. The maximum atomic E-state index is 14.1. The van der Waals surface area contributed by atoms with Crippen LogP contribution >= 0.6 is 0 Å². The molecule has 24 N–H and O–H groups in total. The van der Waals surface area contributed by atoms with Crippen LogP contribution in [0.5, 0.6) is 0 Å². The largest absolute Gasteiger partial charge is 0.481 e. The van der Waals surface area contributed by atoms with Crippen molar-refractivity contribution in [3.63, 3.8) is 0 Å². The van der Waals surface area contributed by atoms with E-state index in [4.69, 9.17) is 28.7 Å². The Balaban J connectivity index is 1.39. The van der Waals surface area contributed by atoms with Gasteiger partial charge in [-0.1, -0.05) is 60.7 Å². The molecule has 0 bridgehead atoms. The summed E-state index contributed by atoms with van der Waals surface area (Å²) in [4.78, 5) is 194. The number of guanidine groups is 2. The van der Waals surface area contributed by atoms with E-state index in [1.807, 2.05) is 0 Å². The molecule has 94 heavy (non-hydrogen) atoms. The topological polar surface area (TPSA) is 579 Å². The molecule has 2 fully saturated rings. The Morgan fingerprint density at radius 2 is 0.787 bits per heavy atom. The second kappa shape index (κ2) is 40.4. The van der Waals surface area contributed by atoms with Gasteiger partial charge < -0.3 is 103 Å². The normalized spacial score (nSPS) is 21.5. The van der Waals surface area contributed by atoms with Crippen LogP contribution in [0, 0.1) is 0 Å². The fourth-order valence-electron chi connectivity index (χ4n) is 9.70. The highest BCUT2D eigenvalue weighted by Crippen LogP contribution is 2.13. The van der Waals surface area contributed by atoms with Gasteiger partial charge in [-0.3, -0.25) is 77.1 Å². The third kappa shape index (κ3) is 29.2. The molecule has 2 heterocycles. The van der Waals surface area contributed by atoms with Gasteiger partial charge in [0.05, 0.1) is 32.0 Å². The van der Waals surface area contributed by atoms with E-state index < -0.39 is 163 Å². The van der Waals surface area contributed by atoms with Crippen LogP contribution in [-0.2, 0) is 80.0 Å². The lowest BCUT2D eigenvalue weighted by Crippen LogP contribution is -2.58. The summed E-state index contributed by atoms with van der Waals surface area (Å²) in [6.07, 6.45) is -1.32. The maximum absolute atomic E-state index is 14.1. The number of carbonyl (C=O) groups excluding carboxylic acids is 12. The molecule has 35 heteroatoms. The van der Waals surface area contributed by atoms with Crippen molar-refractivity contribution in [1.82, 2.24) is 63.8 Å². The SMILES string of the molecule is NC(N)=NCCC[C@@H]1NC(=O)[C@H](CCCCNC(=O)CC[C@H](N)C(=O)NCCCC[C@@H]2NC(=O)[C@@H](Cc3ccccc3)NC(=O)C(CC(=O)O)NC(=O)CNC(=O)[C@H](CCCN=C(N)N)NC2=O)NC(=O)[C@@H](Cc2ccccc2)NC(=O)C(CC(=O)O)NC(=O)CNC1=O. The van der Waals surface area contributed by atoms with E-state index in [-0.39, 0.29) is 128 Å². The number of nitrogens with zero attached hydrogens (tertiary/aromatic N) is 2. The lowest BCUT2D eigenvalue weighted by atomic mass is 10.0. The zero-order valence-corrected chi connectivity index (χ0v) is 51.9. The highest BCUT2D eigenvalue weighted by molar-refractivity contribution is 6.00. The van der Waals surface area contributed by atoms with Gasteiger partial charge >= 0.3 is 11.9 Å². The maximum Gasteiger partial charge on any atom is 0.305 e. The summed E-state index contributed by atoms with van der Waals surface area (Å²) in [7, 11) is 0. The Bertz CT molecular complexity index is 3020. The number of aliphatic carboxylic acids is 2. The molecule has 0 radical (unpaired) electrons. The Morgan fingerprint density at radius 1 is 0.447 bits per heavy atom. The molecule has 2 unspecified atom stereocenters. The Morgan fingerprint density at radius 3 is 1.17 bits per heavy atom. The van der Waals surface area contributed by atoms with Crippen molar-refractivity contribution < 1.29 is 77.3 Å². The van der Waals surface area contributed by atoms with Crippen LogP contribution in [0.1, 0.15) is 101 Å². The molecule has 514 valence electrons. The molecule has 2 saturated heterocycles. The number of aliphatic imine (C=N–C) groups is 2. The summed E-state index contributed by atoms with van der Waals surface area (Å²) in [6.45, 7) is -1.22. The minimum atomic E-state index is -1.68. The van der Waals surface area contributed by atoms with Gasteiger partial charge in [-0.25, -0.2) is 0 Å². The zero-order valence-electron chi connectivity index (χ0n) is 51.9. The van der Waals surface area contributed by atoms with Crippen LogP contribution < -0.4 is 92.5 Å². The van der Waals surface area contributed by atoms with E-state index in [9.17, 15) is 77.3 Å². The molecule has 4 rings (SSSR count). The molecule has 2 aromatic carbocycles. The average Bonchev–Trinajstić information content (AvgIpc) is 1.34. The number of hydrogen-bond acceptors (Lipinski definition) is 17. The number of carbonyl (C=O) groups is 14. The number of nitrogens with two attached hydrogens (primary N) is 5. The molecule has 0 spiro atoms. The van der Waals surface area contributed by atoms with Crippen molar-refractivity contribution in [2.24, 2.45) is 38.7 Å². The quantitative estimate of drug-likeness (QED) is 0.0196. The van der Waals surface area contributed by atoms with Gasteiger partial charge in [0.2, 0.25) is 70.9 Å². The Kier molecular flexibility index (Phi) is 32.6. The summed E-state index contributed by atoms with van der Waals surface area (Å²) < 4.78 is 0. The Hall–Kier alpha value is -10.5. The summed E-state index contributed by atoms with van der Waals surface area (Å²) in [5.74, 6) is -13.4. The highest BCUT2D eigenvalue weighted by Gasteiger charge is 2.36. The van der Waals surface area contributed by atoms with Crippen LogP contribution in [0.2, 0.25) is 0 Å². The number of rotatable bonds is 30. The number of nitrogens with one attached hydrogen (secondary N) is 12. The molecule has 12 amide bonds. The molecule has 0 saturated carbocycles. The molecule has 35 nitrogen and oxygen atoms in total. The van der Waals surface area contributed by atoms with Crippen molar-refractivity contribution in [1.29, 1.82) is 0 Å². The lowest BCUT2D eigenvalue weighted by Gasteiger charge is -2.26. The molecule has 2 aliphatic rings. The molecular weight excluding hydrogens is 1230 g/mol. The molecule has 0 aliphatic carbocycles. The molecule has 9 atom stereocenters. The summed E-state index contributed by atoms with van der Waals surface area (Å²) in [5.41, 5.74) is 29.1. The minimum absolute atomic E-state index is 0.0241. The summed E-state index contributed by atoms with van der Waals surface area (Å²) >= 11 is 0. The van der Waals surface area contributed by atoms with Gasteiger partial charge in [0.15, 0.2) is 11.9 Å². The fraction of sp³-hybridized carbons (Fsp3) is 0.525. The first-order chi connectivity index (χ1) is 44.8. The van der Waals surface area contributed by atoms with E-state index in [0.29, 0.717) is 11.1 Å². The smallest absolute Gasteiger partial charge is 0.305 e. The number of carboxylic acid groups (broad SMARTS) is 2. The summed E-state index contributed by atoms with van der Waals surface area (Å²) in [6, 6.07) is 4.29. The number of amides is 12. The fourth-order valence-corrected chi connectivity index (χ4v) is 9.70. The molecule has 2 aliphatic heterocycles. The van der Waals surface area contributed by atoms with E-state index >= 15 is 0 Å². The number of carboxylic acids is 2. The van der Waals surface area contributed by atoms with Crippen LogP contribution in [0.25, 0.3) is 0 Å². The van der Waals surface area contributed by atoms with Gasteiger partial charge in [0.25, 0.3) is 0 Å². The molecule has 0 aromatic heterocycles. The van der Waals surface area contributed by atoms with Crippen LogP contribution in [0.15, 0.2) is 70.6 Å². The van der Waals surface area contributed by atoms with Crippen molar-refractivity contribution in [2.75, 3.05) is 39.3 Å². The zero-order chi connectivity index (χ0) is 69.1. The van der Waals surface area contributed by atoms with Gasteiger partial charge in [-0.2, -0.15) is 0 Å². The number of unbranched alkanes of at least 4 members (excludes halogenated alkanes) is 2. The number of hydrogen-bond donors (Lipinski definition) is 19. The van der Waals surface area contributed by atoms with Crippen LogP contribution in [-0.4, -0.2) is 199 Å². The standard InChI is InChI=1S/C59H87N19O16/c60-35(49(86)66-24-10-8-18-39-53(90)74-37(20-12-26-68-59(63)64)51(88)70-32-46(81)72-43(30-48(84)85)57(94)78-41(55(92)76-39)28-34-15-5-2-6-16-34)21-22-44(79)65-23-9-7-17-38-52(89)73-36(19-11-25-67-58(61)62)50(87)69-31-45(80)71-42(29-47(82)83)56(93)77-40(54(91)75-38)27-33-13-3-1-4-14-33/h1-6,13-16,35-43H,7-12,17-32,60H2,(H,65,79)(H,66,86)(H,69,87)(H,70,88)(H,71,80)(H,72,81)(H,73,89)(H,74,90)(H,75,91)(H,76,92)(H,77,93)(H,78,94)(H,82,83)(H,84,85)(H4,61,62,67)(H4,63,64,68)/t35-,36-,37-,38-,39-,40+,41+,42?,43?/m0/s1. The first kappa shape index (κ1) is 76.0. The van der Waals surface area contributed by atoms with Gasteiger partial charge in [-0.05, 0) is 81.8 Å². The van der Waals surface area contributed by atoms with E-state index in [0.717, 1.165) is 0 Å². The Labute approximate surface area is 541 Å². The van der Waals surface area contributed by atoms with Crippen molar-refractivity contribution >= 4 is 94.7 Å². The van der Waals surface area contributed by atoms with Gasteiger partial charge in [-0.15, -0.1) is 0 Å². The van der Waals surface area contributed by atoms with E-state index in [1.165, 1.54) is 0 Å². The van der Waals surface area contributed by atoms with Crippen molar-refractivity contribution in [2.45, 2.75) is 157 Å². The first-order valence-electron chi connectivity index (χ1n) is 30.7. The van der Waals surface area contributed by atoms with Gasteiger partial charge in [0, 0.05) is 45.4 Å². The van der Waals surface area contributed by atoms with Crippen LogP contribution in [0.4, 0.5) is 0 Å². The van der Waals surface area contributed by atoms with Crippen molar-refractivity contribution in [3.05, 3.63) is 71.8 Å². The van der Waals surface area contributed by atoms with E-state index in [2.05, 4.69) is 73.8 Å². The second-order valence-corrected chi connectivity index (χ2v) is 22.3. The monoisotopic (exact) mass is 1320 g/mol. The minimum Gasteiger partial charge on any atom is -0.481 e.